The molecule has 2 fully saturated rings. The molecule has 1 aliphatic carbocycles. The van der Waals surface area contributed by atoms with Crippen LogP contribution < -0.4 is 10.6 Å². The van der Waals surface area contributed by atoms with Crippen LogP contribution in [0.25, 0.3) is 0 Å². The molecule has 1 saturated carbocycles. The summed E-state index contributed by atoms with van der Waals surface area (Å²) in [5.41, 5.74) is 0. The molecular formula is C17H33N3O. The number of urea groups is 1. The second-order valence-corrected chi connectivity index (χ2v) is 7.19. The Morgan fingerprint density at radius 3 is 2.43 bits per heavy atom. The molecule has 2 aliphatic rings. The van der Waals surface area contributed by atoms with Crippen molar-refractivity contribution in [1.29, 1.82) is 0 Å². The van der Waals surface area contributed by atoms with Crippen molar-refractivity contribution in [3.63, 3.8) is 0 Å². The van der Waals surface area contributed by atoms with Gasteiger partial charge in [0.25, 0.3) is 0 Å². The third-order valence-electron chi connectivity index (χ3n) is 5.47. The van der Waals surface area contributed by atoms with E-state index >= 15 is 0 Å². The summed E-state index contributed by atoms with van der Waals surface area (Å²) < 4.78 is 0. The average molecular weight is 295 g/mol. The van der Waals surface area contributed by atoms with Crippen LogP contribution >= 0.6 is 0 Å². The Bertz CT molecular complexity index is 324. The summed E-state index contributed by atoms with van der Waals surface area (Å²) in [6, 6.07) is 1.03. The molecule has 1 aliphatic heterocycles. The Morgan fingerprint density at radius 2 is 1.76 bits per heavy atom. The van der Waals surface area contributed by atoms with Crippen LogP contribution in [0.15, 0.2) is 0 Å². The second-order valence-electron chi connectivity index (χ2n) is 7.19. The van der Waals surface area contributed by atoms with E-state index in [9.17, 15) is 4.79 Å². The third kappa shape index (κ3) is 4.87. The molecule has 122 valence electrons. The topological polar surface area (TPSA) is 44.4 Å². The van der Waals surface area contributed by atoms with E-state index in [1.165, 1.54) is 45.1 Å². The highest BCUT2D eigenvalue weighted by molar-refractivity contribution is 5.74. The molecule has 4 atom stereocenters. The van der Waals surface area contributed by atoms with E-state index in [0.717, 1.165) is 13.1 Å². The first-order valence-corrected chi connectivity index (χ1v) is 8.86. The molecule has 1 unspecified atom stereocenters. The number of carbonyl (C=O) groups is 1. The smallest absolute Gasteiger partial charge is 0.315 e. The first kappa shape index (κ1) is 16.6. The Morgan fingerprint density at radius 1 is 1.05 bits per heavy atom. The summed E-state index contributed by atoms with van der Waals surface area (Å²) in [4.78, 5) is 14.6. The molecule has 0 bridgehead atoms. The number of piperidine rings is 1. The van der Waals surface area contributed by atoms with Crippen LogP contribution in [0.4, 0.5) is 4.79 Å². The van der Waals surface area contributed by atoms with Crippen molar-refractivity contribution >= 4 is 6.03 Å². The second kappa shape index (κ2) is 8.02. The number of amides is 2. The molecule has 0 radical (unpaired) electrons. The molecule has 0 aromatic heterocycles. The summed E-state index contributed by atoms with van der Waals surface area (Å²) in [7, 11) is 0. The highest BCUT2D eigenvalue weighted by Crippen LogP contribution is 2.28. The Hall–Kier alpha value is -0.770. The lowest BCUT2D eigenvalue weighted by Crippen LogP contribution is -2.51. The van der Waals surface area contributed by atoms with Crippen molar-refractivity contribution in [2.75, 3.05) is 19.6 Å². The standard InChI is InChI=1S/C17H33N3O/c1-13-7-6-8-14(2)16(13)19-17(21)18-10-12-20-11-5-4-9-15(20)3/h13-16H,4-12H2,1-3H3,(H2,18,19,21)/t13-,14+,15-,16?/m0/s1. The van der Waals surface area contributed by atoms with Gasteiger partial charge in [-0.3, -0.25) is 4.90 Å². The van der Waals surface area contributed by atoms with Gasteiger partial charge < -0.3 is 10.6 Å². The van der Waals surface area contributed by atoms with E-state index in [0.29, 0.717) is 23.9 Å². The van der Waals surface area contributed by atoms with Crippen LogP contribution in [-0.2, 0) is 0 Å². The average Bonchev–Trinajstić information content (AvgIpc) is 2.45. The van der Waals surface area contributed by atoms with Crippen molar-refractivity contribution in [1.82, 2.24) is 15.5 Å². The fourth-order valence-electron chi connectivity index (χ4n) is 3.97. The number of hydrogen-bond donors (Lipinski definition) is 2. The zero-order valence-corrected chi connectivity index (χ0v) is 14.0. The third-order valence-corrected chi connectivity index (χ3v) is 5.47. The maximum absolute atomic E-state index is 12.1. The van der Waals surface area contributed by atoms with Gasteiger partial charge in [-0.1, -0.05) is 26.7 Å². The first-order valence-electron chi connectivity index (χ1n) is 8.86. The maximum atomic E-state index is 12.1. The van der Waals surface area contributed by atoms with Gasteiger partial charge in [-0.05, 0) is 51.0 Å². The van der Waals surface area contributed by atoms with Crippen LogP contribution in [0, 0.1) is 11.8 Å². The fraction of sp³-hybridized carbons (Fsp3) is 0.941. The van der Waals surface area contributed by atoms with Gasteiger partial charge in [0.2, 0.25) is 0 Å². The van der Waals surface area contributed by atoms with Gasteiger partial charge in [0, 0.05) is 25.2 Å². The Labute approximate surface area is 130 Å². The van der Waals surface area contributed by atoms with Crippen LogP contribution in [0.1, 0.15) is 59.3 Å². The minimum atomic E-state index is 0.0188. The van der Waals surface area contributed by atoms with E-state index < -0.39 is 0 Å². The number of carbonyl (C=O) groups excluding carboxylic acids is 1. The fourth-order valence-corrected chi connectivity index (χ4v) is 3.97. The van der Waals surface area contributed by atoms with Crippen LogP contribution in [-0.4, -0.2) is 42.6 Å². The van der Waals surface area contributed by atoms with Gasteiger partial charge in [0.15, 0.2) is 0 Å². The lowest BCUT2D eigenvalue weighted by Gasteiger charge is -2.35. The van der Waals surface area contributed by atoms with Gasteiger partial charge in [-0.2, -0.15) is 0 Å². The lowest BCUT2D eigenvalue weighted by atomic mass is 9.79. The van der Waals surface area contributed by atoms with Crippen molar-refractivity contribution in [3.05, 3.63) is 0 Å². The predicted molar refractivity (Wildman–Crippen MR) is 87.4 cm³/mol. The summed E-state index contributed by atoms with van der Waals surface area (Å²) in [6.45, 7) is 9.73. The summed E-state index contributed by atoms with van der Waals surface area (Å²) >= 11 is 0. The SMILES string of the molecule is C[C@@H]1CCC[C@H](C)C1NC(=O)NCCN1CCCC[C@@H]1C. The predicted octanol–water partition coefficient (Wildman–Crippen LogP) is 2.98. The normalized spacial score (nSPS) is 34.4. The zero-order chi connectivity index (χ0) is 15.2. The molecule has 2 rings (SSSR count). The van der Waals surface area contributed by atoms with E-state index in [2.05, 4.69) is 36.3 Å². The molecule has 0 aromatic rings. The van der Waals surface area contributed by atoms with Crippen molar-refractivity contribution in [2.24, 2.45) is 11.8 Å². The van der Waals surface area contributed by atoms with E-state index in [1.807, 2.05) is 0 Å². The molecule has 21 heavy (non-hydrogen) atoms. The number of hydrogen-bond acceptors (Lipinski definition) is 2. The minimum absolute atomic E-state index is 0.0188. The van der Waals surface area contributed by atoms with Gasteiger partial charge in [-0.25, -0.2) is 4.79 Å². The summed E-state index contributed by atoms with van der Waals surface area (Å²) in [6.07, 6.45) is 7.72. The largest absolute Gasteiger partial charge is 0.337 e. The highest BCUT2D eigenvalue weighted by Gasteiger charge is 2.28. The van der Waals surface area contributed by atoms with E-state index in [4.69, 9.17) is 0 Å². The maximum Gasteiger partial charge on any atom is 0.315 e. The molecule has 4 nitrogen and oxygen atoms in total. The molecule has 0 aromatic carbocycles. The van der Waals surface area contributed by atoms with Gasteiger partial charge in [0.1, 0.15) is 0 Å². The van der Waals surface area contributed by atoms with Gasteiger partial charge in [-0.15, -0.1) is 0 Å². The monoisotopic (exact) mass is 295 g/mol. The van der Waals surface area contributed by atoms with Crippen LogP contribution in [0.5, 0.6) is 0 Å². The molecular weight excluding hydrogens is 262 g/mol. The molecule has 2 N–H and O–H groups in total. The highest BCUT2D eigenvalue weighted by atomic mass is 16.2. The summed E-state index contributed by atoms with van der Waals surface area (Å²) in [5.74, 6) is 1.20. The van der Waals surface area contributed by atoms with Crippen molar-refractivity contribution in [3.8, 4) is 0 Å². The van der Waals surface area contributed by atoms with Gasteiger partial charge in [0.05, 0.1) is 0 Å². The quantitative estimate of drug-likeness (QED) is 0.837. The molecule has 1 saturated heterocycles. The number of rotatable bonds is 4. The minimum Gasteiger partial charge on any atom is -0.337 e. The van der Waals surface area contributed by atoms with Crippen LogP contribution in [0.2, 0.25) is 0 Å². The number of nitrogens with one attached hydrogen (secondary N) is 2. The Kier molecular flexibility index (Phi) is 6.34. The first-order chi connectivity index (χ1) is 10.1. The molecule has 1 heterocycles. The van der Waals surface area contributed by atoms with Crippen molar-refractivity contribution in [2.45, 2.75) is 71.4 Å². The zero-order valence-electron chi connectivity index (χ0n) is 14.0. The van der Waals surface area contributed by atoms with Crippen LogP contribution in [0.3, 0.4) is 0 Å². The van der Waals surface area contributed by atoms with E-state index in [1.54, 1.807) is 0 Å². The van der Waals surface area contributed by atoms with Gasteiger partial charge >= 0.3 is 6.03 Å². The number of nitrogens with zero attached hydrogens (tertiary/aromatic N) is 1. The van der Waals surface area contributed by atoms with Crippen molar-refractivity contribution < 1.29 is 4.79 Å². The summed E-state index contributed by atoms with van der Waals surface area (Å²) in [5, 5.41) is 6.25. The molecule has 0 spiro atoms. The Balaban J connectivity index is 1.67. The van der Waals surface area contributed by atoms with E-state index in [-0.39, 0.29) is 6.03 Å². The molecule has 4 heteroatoms. The molecule has 2 amide bonds. The lowest BCUT2D eigenvalue weighted by molar-refractivity contribution is 0.159. The number of likely N-dealkylation sites (tertiary alicyclic amines) is 1.